The van der Waals surface area contributed by atoms with Crippen molar-refractivity contribution in [2.45, 2.75) is 26.3 Å². The predicted molar refractivity (Wildman–Crippen MR) is 66.1 cm³/mol. The molecule has 0 amide bonds. The highest BCUT2D eigenvalue weighted by Gasteiger charge is 2.33. The molecule has 1 rings (SSSR count). The Hall–Kier alpha value is -2.27. The van der Waals surface area contributed by atoms with Gasteiger partial charge in [-0.15, -0.1) is 13.2 Å². The van der Waals surface area contributed by atoms with E-state index in [9.17, 15) is 18.0 Å². The maximum atomic E-state index is 12.4. The van der Waals surface area contributed by atoms with Gasteiger partial charge in [0.25, 0.3) is 0 Å². The zero-order valence-corrected chi connectivity index (χ0v) is 11.2. The first-order chi connectivity index (χ1) is 9.80. The lowest BCUT2D eigenvalue weighted by atomic mass is 10.0. The zero-order chi connectivity index (χ0) is 16.0. The molecule has 0 aliphatic rings. The molecule has 21 heavy (non-hydrogen) atoms. The maximum absolute atomic E-state index is 12.4. The molecule has 0 saturated heterocycles. The normalized spacial score (nSPS) is 10.9. The van der Waals surface area contributed by atoms with Crippen LogP contribution in [0.15, 0.2) is 12.1 Å². The first-order valence-electron chi connectivity index (χ1n) is 5.98. The van der Waals surface area contributed by atoms with Crippen LogP contribution in [-0.2, 0) is 22.5 Å². The Morgan fingerprint density at radius 2 is 2.10 bits per heavy atom. The Morgan fingerprint density at radius 3 is 2.57 bits per heavy atom. The minimum atomic E-state index is -4.94. The molecule has 1 aromatic rings. The van der Waals surface area contributed by atoms with Crippen LogP contribution in [0.2, 0.25) is 0 Å². The van der Waals surface area contributed by atoms with Crippen molar-refractivity contribution < 1.29 is 27.4 Å². The first kappa shape index (κ1) is 16.8. The quantitative estimate of drug-likeness (QED) is 0.841. The number of carbonyl (C=O) groups is 1. The lowest BCUT2D eigenvalue weighted by molar-refractivity contribution is -0.275. The molecule has 0 spiro atoms. The molecule has 0 aliphatic carbocycles. The van der Waals surface area contributed by atoms with E-state index in [1.165, 1.54) is 6.07 Å². The summed E-state index contributed by atoms with van der Waals surface area (Å²) in [4.78, 5) is 11.5. The van der Waals surface area contributed by atoms with E-state index < -0.39 is 24.5 Å². The molecule has 0 aliphatic heterocycles. The highest BCUT2D eigenvalue weighted by molar-refractivity contribution is 5.74. The maximum Gasteiger partial charge on any atom is 0.573 e. The van der Waals surface area contributed by atoms with Gasteiger partial charge >= 0.3 is 12.3 Å². The summed E-state index contributed by atoms with van der Waals surface area (Å²) in [7, 11) is 0. The Bertz CT molecular complexity index is 565. The lowest BCUT2D eigenvalue weighted by Crippen LogP contribution is -2.20. The van der Waals surface area contributed by atoms with Gasteiger partial charge in [-0.05, 0) is 24.6 Å². The van der Waals surface area contributed by atoms with E-state index in [1.807, 2.05) is 0 Å². The number of halogens is 3. The number of rotatable bonds is 5. The standard InChI is InChI=1S/C13H13F3N2O3/c1-2-20-12(19)5-10-9(7-18)3-8(6-17)4-11(10)21-13(14,15)16/h3-4H,2,5,7,18H2,1H3. The number of alkyl halides is 3. The van der Waals surface area contributed by atoms with Crippen LogP contribution in [-0.4, -0.2) is 18.9 Å². The van der Waals surface area contributed by atoms with Crippen LogP contribution in [0.5, 0.6) is 5.75 Å². The van der Waals surface area contributed by atoms with Gasteiger partial charge < -0.3 is 15.2 Å². The van der Waals surface area contributed by atoms with Crippen molar-refractivity contribution in [3.8, 4) is 11.8 Å². The molecule has 0 heterocycles. The fraction of sp³-hybridized carbons (Fsp3) is 0.385. The molecule has 1 aromatic carbocycles. The number of esters is 1. The fourth-order valence-electron chi connectivity index (χ4n) is 1.72. The molecular weight excluding hydrogens is 289 g/mol. The van der Waals surface area contributed by atoms with Crippen molar-refractivity contribution >= 4 is 5.97 Å². The minimum Gasteiger partial charge on any atom is -0.466 e. The SMILES string of the molecule is CCOC(=O)Cc1c(CN)cc(C#N)cc1OC(F)(F)F. The minimum absolute atomic E-state index is 0.0349. The number of hydrogen-bond acceptors (Lipinski definition) is 5. The molecule has 0 atom stereocenters. The van der Waals surface area contributed by atoms with Gasteiger partial charge in [-0.2, -0.15) is 5.26 Å². The van der Waals surface area contributed by atoms with E-state index in [2.05, 4.69) is 4.74 Å². The monoisotopic (exact) mass is 302 g/mol. The van der Waals surface area contributed by atoms with E-state index in [1.54, 1.807) is 13.0 Å². The van der Waals surface area contributed by atoms with E-state index >= 15 is 0 Å². The lowest BCUT2D eigenvalue weighted by Gasteiger charge is -2.16. The van der Waals surface area contributed by atoms with Gasteiger partial charge in [0, 0.05) is 12.1 Å². The van der Waals surface area contributed by atoms with Crippen molar-refractivity contribution in [2.24, 2.45) is 5.73 Å². The number of hydrogen-bond donors (Lipinski definition) is 1. The summed E-state index contributed by atoms with van der Waals surface area (Å²) in [6.07, 6.45) is -5.36. The van der Waals surface area contributed by atoms with Gasteiger partial charge in [0.05, 0.1) is 24.7 Å². The highest BCUT2D eigenvalue weighted by atomic mass is 19.4. The molecule has 0 fully saturated rings. The number of nitrogens with zero attached hydrogens (tertiary/aromatic N) is 1. The topological polar surface area (TPSA) is 85.3 Å². The summed E-state index contributed by atoms with van der Waals surface area (Å²) < 4.78 is 45.9. The number of carbonyl (C=O) groups excluding carboxylic acids is 1. The van der Waals surface area contributed by atoms with Crippen molar-refractivity contribution in [3.63, 3.8) is 0 Å². The van der Waals surface area contributed by atoms with Crippen LogP contribution >= 0.6 is 0 Å². The summed E-state index contributed by atoms with van der Waals surface area (Å²) in [5.41, 5.74) is 5.61. The van der Waals surface area contributed by atoms with Gasteiger partial charge in [-0.3, -0.25) is 4.79 Å². The molecule has 2 N–H and O–H groups in total. The molecule has 0 aromatic heterocycles. The molecule has 114 valence electrons. The average Bonchev–Trinajstić information content (AvgIpc) is 2.39. The van der Waals surface area contributed by atoms with Gasteiger partial charge in [-0.1, -0.05) is 0 Å². The van der Waals surface area contributed by atoms with Crippen molar-refractivity contribution in [2.75, 3.05) is 6.61 Å². The van der Waals surface area contributed by atoms with Crippen LogP contribution in [0.3, 0.4) is 0 Å². The third-order valence-electron chi connectivity index (χ3n) is 2.50. The van der Waals surface area contributed by atoms with E-state index in [4.69, 9.17) is 15.7 Å². The zero-order valence-electron chi connectivity index (χ0n) is 11.2. The molecule has 0 saturated carbocycles. The van der Waals surface area contributed by atoms with E-state index in [0.717, 1.165) is 6.07 Å². The third-order valence-corrected chi connectivity index (χ3v) is 2.50. The predicted octanol–water partition coefficient (Wildman–Crippen LogP) is 2.02. The smallest absolute Gasteiger partial charge is 0.466 e. The number of benzene rings is 1. The van der Waals surface area contributed by atoms with Crippen LogP contribution in [0.4, 0.5) is 13.2 Å². The Kier molecular flexibility index (Phi) is 5.55. The van der Waals surface area contributed by atoms with Crippen LogP contribution in [0.25, 0.3) is 0 Å². The van der Waals surface area contributed by atoms with Crippen LogP contribution in [0.1, 0.15) is 23.6 Å². The molecule has 0 unspecified atom stereocenters. The Labute approximate surface area is 119 Å². The van der Waals surface area contributed by atoms with Gasteiger partial charge in [-0.25, -0.2) is 0 Å². The second kappa shape index (κ2) is 6.95. The van der Waals surface area contributed by atoms with Gasteiger partial charge in [0.15, 0.2) is 0 Å². The highest BCUT2D eigenvalue weighted by Crippen LogP contribution is 2.30. The van der Waals surface area contributed by atoms with E-state index in [-0.39, 0.29) is 29.8 Å². The van der Waals surface area contributed by atoms with Crippen LogP contribution < -0.4 is 10.5 Å². The van der Waals surface area contributed by atoms with Crippen molar-refractivity contribution in [1.29, 1.82) is 5.26 Å². The van der Waals surface area contributed by atoms with Crippen molar-refractivity contribution in [1.82, 2.24) is 0 Å². The van der Waals surface area contributed by atoms with Crippen molar-refractivity contribution in [3.05, 3.63) is 28.8 Å². The van der Waals surface area contributed by atoms with Crippen LogP contribution in [0, 0.1) is 11.3 Å². The summed E-state index contributed by atoms with van der Waals surface area (Å²) >= 11 is 0. The largest absolute Gasteiger partial charge is 0.573 e. The second-order valence-corrected chi connectivity index (χ2v) is 3.96. The van der Waals surface area contributed by atoms with E-state index in [0.29, 0.717) is 0 Å². The number of ether oxygens (including phenoxy) is 2. The summed E-state index contributed by atoms with van der Waals surface area (Å²) in [5.74, 6) is -1.32. The molecule has 0 radical (unpaired) electrons. The fourth-order valence-corrected chi connectivity index (χ4v) is 1.72. The molecule has 5 nitrogen and oxygen atoms in total. The molecule has 8 heteroatoms. The molecule has 0 bridgehead atoms. The Balaban J connectivity index is 3.29. The second-order valence-electron chi connectivity index (χ2n) is 3.96. The molecular formula is C13H13F3N2O3. The number of nitriles is 1. The average molecular weight is 302 g/mol. The van der Waals surface area contributed by atoms with Gasteiger partial charge in [0.2, 0.25) is 0 Å². The Morgan fingerprint density at radius 1 is 1.43 bits per heavy atom. The number of nitrogens with two attached hydrogens (primary N) is 1. The summed E-state index contributed by atoms with van der Waals surface area (Å²) in [5, 5.41) is 8.82. The summed E-state index contributed by atoms with van der Waals surface area (Å²) in [6.45, 7) is 1.54. The van der Waals surface area contributed by atoms with Gasteiger partial charge in [0.1, 0.15) is 5.75 Å². The first-order valence-corrected chi connectivity index (χ1v) is 5.98. The third kappa shape index (κ3) is 4.96. The summed E-state index contributed by atoms with van der Waals surface area (Å²) in [6, 6.07) is 3.95.